The summed E-state index contributed by atoms with van der Waals surface area (Å²) in [5.41, 5.74) is 0. The number of aliphatic hydroxyl groups excluding tert-OH is 9. The van der Waals surface area contributed by atoms with Gasteiger partial charge in [0, 0.05) is 13.3 Å². The van der Waals surface area contributed by atoms with Crippen molar-refractivity contribution < 1.29 is 103 Å². The van der Waals surface area contributed by atoms with Crippen molar-refractivity contribution in [3.63, 3.8) is 0 Å². The van der Waals surface area contributed by atoms with Crippen LogP contribution in [-0.2, 0) is 52.3 Å². The van der Waals surface area contributed by atoms with Gasteiger partial charge in [-0.25, -0.2) is 4.79 Å². The molecule has 0 bridgehead atoms. The molecule has 21 nitrogen and oxygen atoms in total. The minimum atomic E-state index is -1.91. The topological polar surface area (TPSA) is 327 Å². The smallest absolute Gasteiger partial charge is 0.332 e. The maximum Gasteiger partial charge on any atom is 0.332 e. The highest BCUT2D eigenvalue weighted by molar-refractivity contribution is 5.71. The lowest BCUT2D eigenvalue weighted by Gasteiger charge is -2.46. The summed E-state index contributed by atoms with van der Waals surface area (Å²) >= 11 is 0. The zero-order chi connectivity index (χ0) is 51.8. The number of aliphatic hydroxyl groups is 9. The van der Waals surface area contributed by atoms with Gasteiger partial charge >= 0.3 is 17.9 Å². The fraction of sp³-hybridized carbons (Fsp3) is 0.939. The fourth-order valence-electron chi connectivity index (χ4n) is 8.85. The number of hydrogen-bond acceptors (Lipinski definition) is 20. The van der Waals surface area contributed by atoms with E-state index in [4.69, 9.17) is 43.0 Å². The lowest BCUT2D eigenvalue weighted by atomic mass is 9.98. The van der Waals surface area contributed by atoms with E-state index in [1.165, 1.54) is 0 Å². The molecule has 0 spiro atoms. The van der Waals surface area contributed by atoms with Crippen LogP contribution >= 0.6 is 0 Å². The van der Waals surface area contributed by atoms with Crippen molar-refractivity contribution in [3.05, 3.63) is 0 Å². The zero-order valence-corrected chi connectivity index (χ0v) is 41.8. The van der Waals surface area contributed by atoms with Gasteiger partial charge in [0.1, 0.15) is 61.5 Å². The molecule has 0 amide bonds. The lowest BCUT2D eigenvalue weighted by molar-refractivity contribution is -0.380. The summed E-state index contributed by atoms with van der Waals surface area (Å²) in [4.78, 5) is 35.0. The molecule has 0 aromatic carbocycles. The highest BCUT2D eigenvalue weighted by Crippen LogP contribution is 2.33. The molecule has 0 aromatic heterocycles. The molecule has 0 aromatic rings. The molecule has 0 aliphatic carbocycles. The summed E-state index contributed by atoms with van der Waals surface area (Å²) in [6.45, 7) is 5.41. The quantitative estimate of drug-likeness (QED) is 0.0321. The van der Waals surface area contributed by atoms with Gasteiger partial charge in [-0.15, -0.1) is 0 Å². The first-order valence-corrected chi connectivity index (χ1v) is 25.9. The summed E-state index contributed by atoms with van der Waals surface area (Å²) in [5, 5.41) is 106. The highest BCUT2D eigenvalue weighted by Gasteiger charge is 2.52. The number of unbranched alkanes of at least 4 members (excludes halogenated alkanes) is 12. The van der Waals surface area contributed by atoms with Crippen LogP contribution in [0.4, 0.5) is 0 Å². The van der Waals surface area contributed by atoms with Crippen LogP contribution in [0.5, 0.6) is 0 Å². The second-order valence-electron chi connectivity index (χ2n) is 19.7. The molecule has 17 atom stereocenters. The van der Waals surface area contributed by atoms with Gasteiger partial charge in [-0.2, -0.15) is 0 Å². The number of hydrogen-bond donors (Lipinski definition) is 10. The van der Waals surface area contributed by atoms with Crippen molar-refractivity contribution in [3.8, 4) is 0 Å². The summed E-state index contributed by atoms with van der Waals surface area (Å²) in [7, 11) is 0. The van der Waals surface area contributed by atoms with Gasteiger partial charge in [-0.1, -0.05) is 111 Å². The van der Waals surface area contributed by atoms with Crippen LogP contribution in [0, 0.1) is 5.92 Å². The van der Waals surface area contributed by atoms with Gasteiger partial charge in [0.2, 0.25) is 0 Å². The van der Waals surface area contributed by atoms with Crippen LogP contribution in [0.15, 0.2) is 0 Å². The average Bonchev–Trinajstić information content (AvgIpc) is 3.31. The molecule has 3 heterocycles. The van der Waals surface area contributed by atoms with Gasteiger partial charge in [-0.05, 0) is 44.4 Å². The molecule has 21 heteroatoms. The molecule has 70 heavy (non-hydrogen) atoms. The van der Waals surface area contributed by atoms with Crippen LogP contribution in [0.1, 0.15) is 163 Å². The third-order valence-electron chi connectivity index (χ3n) is 13.1. The number of aliphatic carboxylic acids is 1. The van der Waals surface area contributed by atoms with Crippen molar-refractivity contribution in [2.24, 2.45) is 5.92 Å². The Hall–Kier alpha value is -2.19. The van der Waals surface area contributed by atoms with Gasteiger partial charge in [0.25, 0.3) is 0 Å². The van der Waals surface area contributed by atoms with Crippen LogP contribution in [0.25, 0.3) is 0 Å². The molecule has 3 aliphatic heterocycles. The molecule has 3 aliphatic rings. The Morgan fingerprint density at radius 2 is 1.07 bits per heavy atom. The maximum atomic E-state index is 12.4. The van der Waals surface area contributed by atoms with E-state index in [1.807, 2.05) is 6.92 Å². The third kappa shape index (κ3) is 22.1. The number of ether oxygens (including phenoxy) is 8. The summed E-state index contributed by atoms with van der Waals surface area (Å²) in [6.07, 6.45) is -7.77. The molecule has 410 valence electrons. The molecule has 3 saturated heterocycles. The zero-order valence-electron chi connectivity index (χ0n) is 41.8. The van der Waals surface area contributed by atoms with Crippen LogP contribution < -0.4 is 0 Å². The van der Waals surface area contributed by atoms with E-state index in [9.17, 15) is 60.3 Å². The van der Waals surface area contributed by atoms with Crippen LogP contribution in [-0.4, -0.2) is 193 Å². The van der Waals surface area contributed by atoms with Crippen molar-refractivity contribution >= 4 is 17.9 Å². The molecular weight excluding hydrogens is 925 g/mol. The summed E-state index contributed by atoms with van der Waals surface area (Å²) < 4.78 is 46.5. The Labute approximate surface area is 413 Å². The van der Waals surface area contributed by atoms with Crippen molar-refractivity contribution in [2.45, 2.75) is 267 Å². The fourth-order valence-corrected chi connectivity index (χ4v) is 8.85. The maximum absolute atomic E-state index is 12.4. The molecule has 0 saturated carbocycles. The van der Waals surface area contributed by atoms with Crippen LogP contribution in [0.2, 0.25) is 0 Å². The Balaban J connectivity index is 1.52. The SMILES string of the molecule is CCCCC(CCC[C@H](O)C(O)CCCCCCCCCCCCCC[C@H](O)C(=O)O)O[C@H]1OC[C@H](O)[C@@H](O)[C@@H]1O[C@H]1OC[C@H](O)[C@@H](O)[C@@H]1O[C@H]1O[C@@H](COC(=O)CC(C)C)[C@H](OC(C)=O)[C@@H](O)[C@@H]1O. The molecule has 0 radical (unpaired) electrons. The van der Waals surface area contributed by atoms with Crippen molar-refractivity contribution in [2.75, 3.05) is 19.8 Å². The second-order valence-corrected chi connectivity index (χ2v) is 19.7. The van der Waals surface area contributed by atoms with Gasteiger partial charge < -0.3 is 89.0 Å². The Morgan fingerprint density at radius 3 is 1.60 bits per heavy atom. The number of carboxylic acid groups (broad SMARTS) is 1. The second kappa shape index (κ2) is 33.6. The summed E-state index contributed by atoms with van der Waals surface area (Å²) in [5.74, 6) is -2.62. The number of rotatable bonds is 35. The van der Waals surface area contributed by atoms with E-state index < -0.39 is 135 Å². The molecule has 3 rings (SSSR count). The van der Waals surface area contributed by atoms with Crippen molar-refractivity contribution in [1.82, 2.24) is 0 Å². The first-order valence-electron chi connectivity index (χ1n) is 25.9. The predicted molar refractivity (Wildman–Crippen MR) is 248 cm³/mol. The summed E-state index contributed by atoms with van der Waals surface area (Å²) in [6, 6.07) is 0. The molecule has 2 unspecified atom stereocenters. The van der Waals surface area contributed by atoms with E-state index in [0.717, 1.165) is 96.8 Å². The van der Waals surface area contributed by atoms with Crippen LogP contribution in [0.3, 0.4) is 0 Å². The molecule has 10 N–H and O–H groups in total. The molecular formula is C49H88O21. The largest absolute Gasteiger partial charge is 0.479 e. The van der Waals surface area contributed by atoms with Gasteiger partial charge in [0.05, 0.1) is 31.5 Å². The highest BCUT2D eigenvalue weighted by atomic mass is 16.8. The minimum absolute atomic E-state index is 0.0403. The van der Waals surface area contributed by atoms with E-state index in [2.05, 4.69) is 0 Å². The van der Waals surface area contributed by atoms with E-state index >= 15 is 0 Å². The normalized spacial score (nSPS) is 31.2. The first kappa shape index (κ1) is 62.1. The molecule has 3 fully saturated rings. The standard InChI is InChI=1S/C49H88O21/c1-5-6-20-31(21-19-24-33(52)32(51)22-17-15-13-11-9-7-8-10-12-14-16-18-23-34(53)46(61)62)67-48-44(39(57)35(54)26-64-48)70-49-45(40(58)36(55)27-65-49)69-47-42(60)41(59)43(66-30(4)50)37(68-47)28-63-38(56)25-29(2)3/h29,31-37,39-45,47-49,51-55,57-60H,5-28H2,1-4H3,(H,61,62)/t31?,32?,33-,34-,35-,36-,37-,39+,40+,41-,42-,43-,44-,45-,47+,48+,49+/m0/s1. The monoisotopic (exact) mass is 1010 g/mol. The number of carbonyl (C=O) groups excluding carboxylic acids is 2. The van der Waals surface area contributed by atoms with E-state index in [1.54, 1.807) is 13.8 Å². The Morgan fingerprint density at radius 1 is 0.586 bits per heavy atom. The number of carbonyl (C=O) groups is 3. The predicted octanol–water partition coefficient (Wildman–Crippen LogP) is 2.26. The Kier molecular flexibility index (Phi) is 29.8. The van der Waals surface area contributed by atoms with E-state index in [-0.39, 0.29) is 18.9 Å². The minimum Gasteiger partial charge on any atom is -0.479 e. The van der Waals surface area contributed by atoms with E-state index in [0.29, 0.717) is 38.5 Å². The van der Waals surface area contributed by atoms with Crippen molar-refractivity contribution in [1.29, 1.82) is 0 Å². The van der Waals surface area contributed by atoms with Gasteiger partial charge in [0.15, 0.2) is 31.1 Å². The first-order chi connectivity index (χ1) is 33.3. The van der Waals surface area contributed by atoms with Gasteiger partial charge in [-0.3, -0.25) is 9.59 Å². The average molecular weight is 1010 g/mol. The third-order valence-corrected chi connectivity index (χ3v) is 13.1. The Bertz CT molecular complexity index is 1440. The lowest BCUT2D eigenvalue weighted by Crippen LogP contribution is -2.65. The number of esters is 2. The number of carboxylic acids is 1.